The normalized spacial score (nSPS) is 19.4. The number of fused-ring (bicyclic) bond motifs is 1. The minimum atomic E-state index is -0.612. The molecule has 40 heavy (non-hydrogen) atoms. The molecule has 1 saturated carbocycles. The first-order chi connectivity index (χ1) is 19.4. The zero-order chi connectivity index (χ0) is 28.1. The van der Waals surface area contributed by atoms with Crippen LogP contribution in [0.3, 0.4) is 0 Å². The van der Waals surface area contributed by atoms with Crippen LogP contribution in [-0.2, 0) is 19.1 Å². The number of rotatable bonds is 9. The van der Waals surface area contributed by atoms with Gasteiger partial charge in [-0.05, 0) is 43.9 Å². The van der Waals surface area contributed by atoms with Crippen molar-refractivity contribution in [3.05, 3.63) is 41.2 Å². The largest absolute Gasteiger partial charge is 0.475 e. The Morgan fingerprint density at radius 2 is 1.95 bits per heavy atom. The summed E-state index contributed by atoms with van der Waals surface area (Å²) >= 11 is 5.90. The molecule has 0 unspecified atom stereocenters. The number of methoxy groups -OCH3 is 1. The van der Waals surface area contributed by atoms with E-state index in [1.54, 1.807) is 31.4 Å². The van der Waals surface area contributed by atoms with E-state index in [-0.39, 0.29) is 59.8 Å². The first-order valence-electron chi connectivity index (χ1n) is 13.1. The highest BCUT2D eigenvalue weighted by atomic mass is 35.5. The van der Waals surface area contributed by atoms with Gasteiger partial charge in [0.2, 0.25) is 23.5 Å². The van der Waals surface area contributed by atoms with Gasteiger partial charge in [0.05, 0.1) is 18.2 Å². The molecule has 3 amide bonds. The molecule has 2 N–H and O–H groups in total. The molecular formula is C27H30ClN5O7. The van der Waals surface area contributed by atoms with Gasteiger partial charge >= 0.3 is 0 Å². The van der Waals surface area contributed by atoms with Crippen LogP contribution in [0.15, 0.2) is 34.9 Å². The third-order valence-corrected chi connectivity index (χ3v) is 7.22. The van der Waals surface area contributed by atoms with E-state index >= 15 is 0 Å². The maximum absolute atomic E-state index is 13.4. The molecule has 0 spiro atoms. The number of furan rings is 1. The van der Waals surface area contributed by atoms with Crippen LogP contribution in [0, 0.1) is 5.92 Å². The Labute approximate surface area is 235 Å². The van der Waals surface area contributed by atoms with Crippen molar-refractivity contribution >= 4 is 51.9 Å². The van der Waals surface area contributed by atoms with Crippen LogP contribution in [0.2, 0.25) is 5.02 Å². The van der Waals surface area contributed by atoms with Crippen molar-refractivity contribution in [2.75, 3.05) is 50.7 Å². The van der Waals surface area contributed by atoms with E-state index < -0.39 is 5.91 Å². The maximum atomic E-state index is 13.4. The Morgan fingerprint density at radius 1 is 1.12 bits per heavy atom. The van der Waals surface area contributed by atoms with Gasteiger partial charge in [-0.2, -0.15) is 0 Å². The molecule has 0 aromatic carbocycles. The van der Waals surface area contributed by atoms with Crippen LogP contribution < -0.4 is 15.4 Å². The number of carbonyl (C=O) groups excluding carboxylic acids is 3. The number of anilines is 2. The van der Waals surface area contributed by atoms with Crippen LogP contribution >= 0.6 is 11.6 Å². The summed E-state index contributed by atoms with van der Waals surface area (Å²) in [6, 6.07) is 6.49. The second-order valence-electron chi connectivity index (χ2n) is 9.59. The fourth-order valence-electron chi connectivity index (χ4n) is 4.96. The Balaban J connectivity index is 1.35. The van der Waals surface area contributed by atoms with Crippen molar-refractivity contribution in [2.45, 2.75) is 31.7 Å². The molecule has 1 saturated heterocycles. The Kier molecular flexibility index (Phi) is 8.78. The number of nitrogens with zero attached hydrogens (tertiary/aromatic N) is 3. The number of halogens is 1. The zero-order valence-electron chi connectivity index (χ0n) is 22.0. The molecule has 0 bridgehead atoms. The minimum Gasteiger partial charge on any atom is -0.475 e. The molecule has 212 valence electrons. The standard InChI is InChI=1S/C27H30ClN5O7/c1-37-12-13-39-21-9-7-19-23(31-21)24(25(40-19)27(36)30-20-8-4-17(28)14-29-20)32-26(35)16-2-5-18(6-3-16)33-10-11-38-15-22(33)34/h4,7-9,14,16,18H,2-3,5-6,10-13,15H2,1H3,(H,32,35)(H,29,30,36)/t16-,18-. The van der Waals surface area contributed by atoms with Crippen LogP contribution in [0.25, 0.3) is 11.1 Å². The van der Waals surface area contributed by atoms with E-state index in [9.17, 15) is 14.4 Å². The lowest BCUT2D eigenvalue weighted by atomic mass is 9.84. The van der Waals surface area contributed by atoms with Gasteiger partial charge in [0.1, 0.15) is 30.2 Å². The molecule has 1 aliphatic heterocycles. The average molecular weight is 572 g/mol. The maximum Gasteiger partial charge on any atom is 0.294 e. The predicted octanol–water partition coefficient (Wildman–Crippen LogP) is 3.51. The van der Waals surface area contributed by atoms with E-state index in [4.69, 9.17) is 30.2 Å². The molecule has 13 heteroatoms. The third kappa shape index (κ3) is 6.35. The second-order valence-corrected chi connectivity index (χ2v) is 10.0. The molecule has 3 aromatic rings. The van der Waals surface area contributed by atoms with Crippen molar-refractivity contribution in [1.29, 1.82) is 0 Å². The lowest BCUT2D eigenvalue weighted by Gasteiger charge is -2.38. The van der Waals surface area contributed by atoms with Gasteiger partial charge in [-0.3, -0.25) is 14.4 Å². The average Bonchev–Trinajstić information content (AvgIpc) is 3.32. The van der Waals surface area contributed by atoms with Crippen LogP contribution in [0.1, 0.15) is 36.2 Å². The van der Waals surface area contributed by atoms with Gasteiger partial charge in [0.15, 0.2) is 5.58 Å². The fraction of sp³-hybridized carbons (Fsp3) is 0.444. The van der Waals surface area contributed by atoms with Gasteiger partial charge < -0.3 is 34.2 Å². The Bertz CT molecular complexity index is 1370. The zero-order valence-corrected chi connectivity index (χ0v) is 22.7. The summed E-state index contributed by atoms with van der Waals surface area (Å²) < 4.78 is 21.7. The number of pyridine rings is 2. The van der Waals surface area contributed by atoms with Crippen LogP contribution in [-0.4, -0.2) is 78.7 Å². The number of morpholine rings is 1. The molecular weight excluding hydrogens is 542 g/mol. The van der Waals surface area contributed by atoms with Crippen molar-refractivity contribution in [1.82, 2.24) is 14.9 Å². The quantitative estimate of drug-likeness (QED) is 0.368. The summed E-state index contributed by atoms with van der Waals surface area (Å²) in [6.45, 7) is 1.85. The van der Waals surface area contributed by atoms with E-state index in [2.05, 4.69) is 20.6 Å². The molecule has 4 heterocycles. The Morgan fingerprint density at radius 3 is 2.67 bits per heavy atom. The monoisotopic (exact) mass is 571 g/mol. The van der Waals surface area contributed by atoms with Gasteiger partial charge in [-0.1, -0.05) is 11.6 Å². The summed E-state index contributed by atoms with van der Waals surface area (Å²) in [7, 11) is 1.57. The number of hydrogen-bond acceptors (Lipinski definition) is 9. The summed E-state index contributed by atoms with van der Waals surface area (Å²) in [5.41, 5.74) is 0.734. The van der Waals surface area contributed by atoms with E-state index in [1.165, 1.54) is 6.20 Å². The van der Waals surface area contributed by atoms with E-state index in [0.29, 0.717) is 61.9 Å². The number of nitrogens with one attached hydrogen (secondary N) is 2. The van der Waals surface area contributed by atoms with Crippen molar-refractivity contribution < 1.29 is 33.0 Å². The highest BCUT2D eigenvalue weighted by Gasteiger charge is 2.34. The van der Waals surface area contributed by atoms with Crippen molar-refractivity contribution in [3.63, 3.8) is 0 Å². The van der Waals surface area contributed by atoms with Crippen LogP contribution in [0.5, 0.6) is 5.88 Å². The first kappa shape index (κ1) is 27.8. The molecule has 2 aliphatic rings. The molecule has 5 rings (SSSR count). The molecule has 0 radical (unpaired) electrons. The third-order valence-electron chi connectivity index (χ3n) is 7.00. The number of hydrogen-bond donors (Lipinski definition) is 2. The number of amides is 3. The molecule has 0 atom stereocenters. The van der Waals surface area contributed by atoms with Crippen molar-refractivity contribution in [2.24, 2.45) is 5.92 Å². The summed E-state index contributed by atoms with van der Waals surface area (Å²) in [6.07, 6.45) is 4.03. The molecule has 3 aromatic heterocycles. The van der Waals surface area contributed by atoms with E-state index in [0.717, 1.165) is 0 Å². The Hall–Kier alpha value is -3.74. The van der Waals surface area contributed by atoms with Gasteiger partial charge in [0, 0.05) is 37.9 Å². The highest BCUT2D eigenvalue weighted by molar-refractivity contribution is 6.30. The first-order valence-corrected chi connectivity index (χ1v) is 13.5. The smallest absolute Gasteiger partial charge is 0.294 e. The highest BCUT2D eigenvalue weighted by Crippen LogP contribution is 2.34. The summed E-state index contributed by atoms with van der Waals surface area (Å²) in [4.78, 5) is 49.4. The SMILES string of the molecule is COCCOc1ccc2oc(C(=O)Nc3ccc(Cl)cn3)c(NC(=O)[C@H]3CC[C@H](N4CCOCC4=O)CC3)c2n1. The molecule has 12 nitrogen and oxygen atoms in total. The fourth-order valence-corrected chi connectivity index (χ4v) is 5.07. The number of ether oxygens (including phenoxy) is 3. The summed E-state index contributed by atoms with van der Waals surface area (Å²) in [5.74, 6) is -0.728. The van der Waals surface area contributed by atoms with Gasteiger partial charge in [-0.25, -0.2) is 9.97 Å². The number of aromatic nitrogens is 2. The van der Waals surface area contributed by atoms with Crippen molar-refractivity contribution in [3.8, 4) is 5.88 Å². The minimum absolute atomic E-state index is 0.00977. The molecule has 1 aliphatic carbocycles. The van der Waals surface area contributed by atoms with Gasteiger partial charge in [-0.15, -0.1) is 0 Å². The number of carbonyl (C=O) groups is 3. The lowest BCUT2D eigenvalue weighted by Crippen LogP contribution is -2.49. The van der Waals surface area contributed by atoms with E-state index in [1.807, 2.05) is 4.90 Å². The second kappa shape index (κ2) is 12.6. The van der Waals surface area contributed by atoms with Gasteiger partial charge in [0.25, 0.3) is 5.91 Å². The summed E-state index contributed by atoms with van der Waals surface area (Å²) in [5, 5.41) is 5.99. The predicted molar refractivity (Wildman–Crippen MR) is 145 cm³/mol. The lowest BCUT2D eigenvalue weighted by molar-refractivity contribution is -0.146. The molecule has 2 fully saturated rings. The van der Waals surface area contributed by atoms with Crippen LogP contribution in [0.4, 0.5) is 11.5 Å². The topological polar surface area (TPSA) is 145 Å².